The van der Waals surface area contributed by atoms with Crippen LogP contribution >= 0.6 is 11.8 Å². The number of nitrogens with two attached hydrogens (primary N) is 1. The lowest BCUT2D eigenvalue weighted by atomic mass is 10.2. The second-order valence-electron chi connectivity index (χ2n) is 3.70. The van der Waals surface area contributed by atoms with Crippen LogP contribution in [0.15, 0.2) is 39.8 Å². The van der Waals surface area contributed by atoms with Gasteiger partial charge in [-0.2, -0.15) is 0 Å². The number of aryl methyl sites for hydroxylation is 1. The van der Waals surface area contributed by atoms with E-state index in [0.29, 0.717) is 0 Å². The summed E-state index contributed by atoms with van der Waals surface area (Å²) in [5, 5.41) is 0. The van der Waals surface area contributed by atoms with E-state index in [1.54, 1.807) is 25.1 Å². The molecule has 3 nitrogen and oxygen atoms in total. The van der Waals surface area contributed by atoms with E-state index in [1.807, 2.05) is 31.2 Å². The van der Waals surface area contributed by atoms with Crippen LogP contribution in [0.5, 0.6) is 5.75 Å². The first-order valence-electron chi connectivity index (χ1n) is 5.30. The van der Waals surface area contributed by atoms with E-state index in [2.05, 4.69) is 0 Å². The fraction of sp³-hybridized carbons (Fsp3) is 0.231. The van der Waals surface area contributed by atoms with Gasteiger partial charge in [0.25, 0.3) is 0 Å². The third kappa shape index (κ3) is 2.77. The predicted molar refractivity (Wildman–Crippen MR) is 70.4 cm³/mol. The Morgan fingerprint density at radius 2 is 2.18 bits per heavy atom. The molecule has 0 unspecified atom stereocenters. The van der Waals surface area contributed by atoms with Crippen LogP contribution in [0.25, 0.3) is 0 Å². The van der Waals surface area contributed by atoms with Gasteiger partial charge in [0, 0.05) is 28.0 Å². The lowest BCUT2D eigenvalue weighted by Crippen LogP contribution is -1.93. The fourth-order valence-electron chi connectivity index (χ4n) is 1.56. The number of hydrogen-bond donors (Lipinski definition) is 1. The molecule has 90 valence electrons. The highest BCUT2D eigenvalue weighted by Gasteiger charge is 2.06. The van der Waals surface area contributed by atoms with Gasteiger partial charge in [0.05, 0.1) is 13.4 Å². The van der Waals surface area contributed by atoms with Gasteiger partial charge in [-0.15, -0.1) is 11.8 Å². The summed E-state index contributed by atoms with van der Waals surface area (Å²) in [6, 6.07) is 7.71. The largest absolute Gasteiger partial charge is 0.496 e. The number of furan rings is 1. The highest BCUT2D eigenvalue weighted by atomic mass is 32.2. The van der Waals surface area contributed by atoms with Crippen molar-refractivity contribution in [2.24, 2.45) is 0 Å². The van der Waals surface area contributed by atoms with Gasteiger partial charge in [0.2, 0.25) is 0 Å². The lowest BCUT2D eigenvalue weighted by molar-refractivity contribution is 0.411. The molecule has 17 heavy (non-hydrogen) atoms. The highest BCUT2D eigenvalue weighted by Crippen LogP contribution is 2.31. The monoisotopic (exact) mass is 249 g/mol. The van der Waals surface area contributed by atoms with Gasteiger partial charge in [0.15, 0.2) is 0 Å². The van der Waals surface area contributed by atoms with Gasteiger partial charge < -0.3 is 14.9 Å². The molecule has 0 atom stereocenters. The van der Waals surface area contributed by atoms with Gasteiger partial charge in [-0.05, 0) is 19.1 Å². The minimum atomic E-state index is 0.718. The summed E-state index contributed by atoms with van der Waals surface area (Å²) in [5.74, 6) is 2.62. The molecule has 1 aromatic carbocycles. The van der Waals surface area contributed by atoms with Gasteiger partial charge in [-0.25, -0.2) is 0 Å². The molecule has 2 aromatic rings. The average Bonchev–Trinajstić information content (AvgIpc) is 2.73. The Kier molecular flexibility index (Phi) is 3.64. The van der Waals surface area contributed by atoms with Gasteiger partial charge >= 0.3 is 0 Å². The summed E-state index contributed by atoms with van der Waals surface area (Å²) < 4.78 is 10.6. The maximum atomic E-state index is 5.72. The molecule has 0 aliphatic heterocycles. The maximum absolute atomic E-state index is 5.72. The van der Waals surface area contributed by atoms with Crippen molar-refractivity contribution in [2.45, 2.75) is 17.6 Å². The summed E-state index contributed by atoms with van der Waals surface area (Å²) >= 11 is 1.73. The Bertz CT molecular complexity index is 508. The Labute approximate surface area is 105 Å². The zero-order valence-electron chi connectivity index (χ0n) is 9.90. The van der Waals surface area contributed by atoms with E-state index in [1.165, 1.54) is 0 Å². The molecule has 1 aromatic heterocycles. The number of ether oxygens (including phenoxy) is 1. The molecular formula is C13H15NO2S. The molecule has 2 rings (SSSR count). The quantitative estimate of drug-likeness (QED) is 0.665. The first kappa shape index (κ1) is 11.9. The summed E-state index contributed by atoms with van der Waals surface area (Å²) in [6.07, 6.45) is 1.71. The number of methoxy groups -OCH3 is 1. The van der Waals surface area contributed by atoms with Crippen molar-refractivity contribution in [3.8, 4) is 5.75 Å². The van der Waals surface area contributed by atoms with Crippen molar-refractivity contribution >= 4 is 17.4 Å². The molecule has 1 heterocycles. The zero-order chi connectivity index (χ0) is 12.3. The topological polar surface area (TPSA) is 48.4 Å². The third-order valence-electron chi connectivity index (χ3n) is 2.51. The van der Waals surface area contributed by atoms with E-state index in [0.717, 1.165) is 33.4 Å². The van der Waals surface area contributed by atoms with Crippen molar-refractivity contribution in [1.82, 2.24) is 0 Å². The standard InChI is InChI=1S/C13H15NO2S/c1-9-13(5-6-16-9)17-8-10-3-4-11(14)7-12(10)15-2/h3-7H,8,14H2,1-2H3. The average molecular weight is 249 g/mol. The van der Waals surface area contributed by atoms with Gasteiger partial charge in [0.1, 0.15) is 11.5 Å². The Hall–Kier alpha value is -1.55. The van der Waals surface area contributed by atoms with Crippen molar-refractivity contribution in [1.29, 1.82) is 0 Å². The van der Waals surface area contributed by atoms with E-state index >= 15 is 0 Å². The first-order chi connectivity index (χ1) is 8.20. The second-order valence-corrected chi connectivity index (χ2v) is 4.72. The third-order valence-corrected chi connectivity index (χ3v) is 3.70. The molecule has 0 saturated carbocycles. The number of rotatable bonds is 4. The molecule has 0 saturated heterocycles. The SMILES string of the molecule is COc1cc(N)ccc1CSc1ccoc1C. The number of thioether (sulfide) groups is 1. The zero-order valence-corrected chi connectivity index (χ0v) is 10.7. The second kappa shape index (κ2) is 5.19. The van der Waals surface area contributed by atoms with Gasteiger partial charge in [-0.1, -0.05) is 6.07 Å². The van der Waals surface area contributed by atoms with Crippen LogP contribution < -0.4 is 10.5 Å². The molecule has 0 spiro atoms. The summed E-state index contributed by atoms with van der Waals surface area (Å²) in [6.45, 7) is 1.96. The molecule has 0 aliphatic rings. The minimum absolute atomic E-state index is 0.718. The van der Waals surface area contributed by atoms with Crippen LogP contribution in [0.3, 0.4) is 0 Å². The van der Waals surface area contributed by atoms with Gasteiger partial charge in [-0.3, -0.25) is 0 Å². The highest BCUT2D eigenvalue weighted by molar-refractivity contribution is 7.98. The molecule has 0 radical (unpaired) electrons. The predicted octanol–water partition coefficient (Wildman–Crippen LogP) is 3.47. The van der Waals surface area contributed by atoms with E-state index < -0.39 is 0 Å². The number of benzene rings is 1. The summed E-state index contributed by atoms with van der Waals surface area (Å²) in [5.41, 5.74) is 7.57. The van der Waals surface area contributed by atoms with Crippen LogP contribution in [0, 0.1) is 6.92 Å². The molecule has 0 amide bonds. The van der Waals surface area contributed by atoms with Crippen molar-refractivity contribution in [3.05, 3.63) is 41.9 Å². The minimum Gasteiger partial charge on any atom is -0.496 e. The van der Waals surface area contributed by atoms with Crippen LogP contribution in [0.4, 0.5) is 5.69 Å². The van der Waals surface area contributed by atoms with E-state index in [4.69, 9.17) is 14.9 Å². The molecule has 4 heteroatoms. The normalized spacial score (nSPS) is 10.5. The van der Waals surface area contributed by atoms with Crippen LogP contribution in [-0.2, 0) is 5.75 Å². The number of nitrogen functional groups attached to an aromatic ring is 1. The number of anilines is 1. The van der Waals surface area contributed by atoms with E-state index in [9.17, 15) is 0 Å². The summed E-state index contributed by atoms with van der Waals surface area (Å²) in [7, 11) is 1.66. The van der Waals surface area contributed by atoms with Crippen LogP contribution in [0.1, 0.15) is 11.3 Å². The molecule has 2 N–H and O–H groups in total. The van der Waals surface area contributed by atoms with Crippen molar-refractivity contribution in [3.63, 3.8) is 0 Å². The van der Waals surface area contributed by atoms with Crippen molar-refractivity contribution < 1.29 is 9.15 Å². The molecule has 0 aliphatic carbocycles. The van der Waals surface area contributed by atoms with E-state index in [-0.39, 0.29) is 0 Å². The Balaban J connectivity index is 2.11. The van der Waals surface area contributed by atoms with Crippen LogP contribution in [-0.4, -0.2) is 7.11 Å². The molecular weight excluding hydrogens is 234 g/mol. The molecule has 0 fully saturated rings. The maximum Gasteiger partial charge on any atom is 0.124 e. The number of hydrogen-bond acceptors (Lipinski definition) is 4. The molecule has 0 bridgehead atoms. The Morgan fingerprint density at radius 3 is 2.82 bits per heavy atom. The Morgan fingerprint density at radius 1 is 1.35 bits per heavy atom. The smallest absolute Gasteiger partial charge is 0.124 e. The summed E-state index contributed by atoms with van der Waals surface area (Å²) in [4.78, 5) is 1.16. The first-order valence-corrected chi connectivity index (χ1v) is 6.28. The van der Waals surface area contributed by atoms with Crippen molar-refractivity contribution in [2.75, 3.05) is 12.8 Å². The van der Waals surface area contributed by atoms with Crippen LogP contribution in [0.2, 0.25) is 0 Å². The fourth-order valence-corrected chi connectivity index (χ4v) is 2.51. The lowest BCUT2D eigenvalue weighted by Gasteiger charge is -2.08.